The van der Waals surface area contributed by atoms with Crippen LogP contribution in [0.15, 0.2) is 40.9 Å². The summed E-state index contributed by atoms with van der Waals surface area (Å²) in [6.07, 6.45) is 0. The summed E-state index contributed by atoms with van der Waals surface area (Å²) in [5.74, 6) is -1.26. The zero-order chi connectivity index (χ0) is 17.0. The molecule has 0 saturated carbocycles. The first kappa shape index (κ1) is 17.3. The van der Waals surface area contributed by atoms with Crippen LogP contribution in [0.4, 0.5) is 10.1 Å². The molecule has 0 heterocycles. The lowest BCUT2D eigenvalue weighted by Crippen LogP contribution is -2.26. The highest BCUT2D eigenvalue weighted by atomic mass is 79.9. The highest BCUT2D eigenvalue weighted by Gasteiger charge is 2.21. The topological polar surface area (TPSA) is 49.8 Å². The fourth-order valence-corrected chi connectivity index (χ4v) is 2.50. The molecule has 0 atom stereocenters. The van der Waals surface area contributed by atoms with Gasteiger partial charge >= 0.3 is 5.97 Å². The Morgan fingerprint density at radius 1 is 1.35 bits per heavy atom. The summed E-state index contributed by atoms with van der Waals surface area (Å²) < 4.78 is 20.6. The normalized spacial score (nSPS) is 10.4. The van der Waals surface area contributed by atoms with Crippen molar-refractivity contribution in [1.29, 1.82) is 0 Å². The second-order valence-electron chi connectivity index (χ2n) is 5.19. The van der Waals surface area contributed by atoms with Gasteiger partial charge in [-0.1, -0.05) is 30.3 Å². The summed E-state index contributed by atoms with van der Waals surface area (Å²) in [4.78, 5) is 12.2. The minimum absolute atomic E-state index is 0.126. The van der Waals surface area contributed by atoms with E-state index in [1.807, 2.05) is 30.3 Å². The highest BCUT2D eigenvalue weighted by molar-refractivity contribution is 9.10. The van der Waals surface area contributed by atoms with Gasteiger partial charge in [0.1, 0.15) is 24.6 Å². The van der Waals surface area contributed by atoms with Crippen LogP contribution in [0, 0.1) is 12.7 Å². The third-order valence-electron chi connectivity index (χ3n) is 3.32. The molecule has 0 aromatic heterocycles. The van der Waals surface area contributed by atoms with Crippen molar-refractivity contribution in [1.82, 2.24) is 0 Å². The zero-order valence-corrected chi connectivity index (χ0v) is 14.4. The number of halogens is 2. The molecule has 0 saturated heterocycles. The quantitative estimate of drug-likeness (QED) is 0.821. The van der Waals surface area contributed by atoms with Gasteiger partial charge in [0.2, 0.25) is 0 Å². The van der Waals surface area contributed by atoms with Crippen LogP contribution in [0.2, 0.25) is 0 Å². The Bertz CT molecular complexity index is 707. The van der Waals surface area contributed by atoms with E-state index in [0.29, 0.717) is 15.8 Å². The summed E-state index contributed by atoms with van der Waals surface area (Å²) in [5, 5.41) is 8.94. The van der Waals surface area contributed by atoms with Crippen molar-refractivity contribution in [2.75, 3.05) is 18.5 Å². The molecule has 0 spiro atoms. The van der Waals surface area contributed by atoms with Gasteiger partial charge in [-0.3, -0.25) is 4.79 Å². The van der Waals surface area contributed by atoms with Crippen LogP contribution >= 0.6 is 15.9 Å². The Morgan fingerprint density at radius 2 is 2.00 bits per heavy atom. The van der Waals surface area contributed by atoms with Crippen molar-refractivity contribution in [3.63, 3.8) is 0 Å². The number of anilines is 1. The number of likely N-dealkylation sites (N-methyl/N-ethyl adjacent to an activating group) is 1. The number of aliphatic carboxylic acids is 1. The Labute approximate surface area is 142 Å². The molecule has 0 aliphatic heterocycles. The van der Waals surface area contributed by atoms with E-state index in [2.05, 4.69) is 15.9 Å². The van der Waals surface area contributed by atoms with Crippen LogP contribution in [-0.2, 0) is 11.4 Å². The molecule has 1 N–H and O–H groups in total. The summed E-state index contributed by atoms with van der Waals surface area (Å²) in [6, 6.07) is 11.2. The first-order chi connectivity index (χ1) is 10.9. The molecule has 6 heteroatoms. The maximum atomic E-state index is 14.6. The maximum Gasteiger partial charge on any atom is 0.323 e. The van der Waals surface area contributed by atoms with Gasteiger partial charge in [-0.15, -0.1) is 0 Å². The standard InChI is InChI=1S/C17H17BrFNO3/c1-11-8-13(23-10-12-6-4-3-5-7-12)17(16(19)15(11)18)20(2)9-14(21)22/h3-8H,9-10H2,1-2H3,(H,21,22). The van der Waals surface area contributed by atoms with Gasteiger partial charge in [-0.05, 0) is 40.0 Å². The molecule has 0 amide bonds. The number of hydrogen-bond acceptors (Lipinski definition) is 3. The van der Waals surface area contributed by atoms with Crippen LogP contribution in [0.25, 0.3) is 0 Å². The van der Waals surface area contributed by atoms with Gasteiger partial charge < -0.3 is 14.7 Å². The number of ether oxygens (including phenoxy) is 1. The molecule has 2 aromatic rings. The molecule has 0 fully saturated rings. The van der Waals surface area contributed by atoms with Crippen molar-refractivity contribution in [3.05, 3.63) is 57.8 Å². The Balaban J connectivity index is 2.34. The monoisotopic (exact) mass is 381 g/mol. The zero-order valence-electron chi connectivity index (χ0n) is 12.8. The molecule has 4 nitrogen and oxygen atoms in total. The molecular weight excluding hydrogens is 365 g/mol. The van der Waals surface area contributed by atoms with Crippen molar-refractivity contribution in [3.8, 4) is 5.75 Å². The number of aryl methyl sites for hydroxylation is 1. The first-order valence-corrected chi connectivity index (χ1v) is 7.77. The molecule has 122 valence electrons. The number of hydrogen-bond donors (Lipinski definition) is 1. The molecule has 0 aliphatic rings. The minimum atomic E-state index is -1.04. The van der Waals surface area contributed by atoms with Crippen LogP contribution in [0.1, 0.15) is 11.1 Å². The minimum Gasteiger partial charge on any atom is -0.487 e. The number of nitrogens with zero attached hydrogens (tertiary/aromatic N) is 1. The van der Waals surface area contributed by atoms with Gasteiger partial charge in [0.15, 0.2) is 5.82 Å². The lowest BCUT2D eigenvalue weighted by Gasteiger charge is -2.23. The van der Waals surface area contributed by atoms with E-state index >= 15 is 0 Å². The summed E-state index contributed by atoms with van der Waals surface area (Å²) in [7, 11) is 1.52. The molecule has 23 heavy (non-hydrogen) atoms. The third kappa shape index (κ3) is 4.22. The van der Waals surface area contributed by atoms with Crippen LogP contribution in [-0.4, -0.2) is 24.7 Å². The fraction of sp³-hybridized carbons (Fsp3) is 0.235. The predicted molar refractivity (Wildman–Crippen MR) is 90.5 cm³/mol. The number of carboxylic acids is 1. The lowest BCUT2D eigenvalue weighted by molar-refractivity contribution is -0.135. The largest absolute Gasteiger partial charge is 0.487 e. The van der Waals surface area contributed by atoms with E-state index < -0.39 is 11.8 Å². The van der Waals surface area contributed by atoms with Crippen LogP contribution in [0.3, 0.4) is 0 Å². The summed E-state index contributed by atoms with van der Waals surface area (Å²) in [5.41, 5.74) is 1.75. The average molecular weight is 382 g/mol. The Morgan fingerprint density at radius 3 is 2.61 bits per heavy atom. The van der Waals surface area contributed by atoms with Crippen LogP contribution in [0.5, 0.6) is 5.75 Å². The smallest absolute Gasteiger partial charge is 0.323 e. The number of benzene rings is 2. The van der Waals surface area contributed by atoms with Gasteiger partial charge in [0, 0.05) is 7.05 Å². The van der Waals surface area contributed by atoms with E-state index in [4.69, 9.17) is 9.84 Å². The van der Waals surface area contributed by atoms with E-state index in [0.717, 1.165) is 5.56 Å². The Kier molecular flexibility index (Phi) is 5.60. The van der Waals surface area contributed by atoms with E-state index in [-0.39, 0.29) is 18.8 Å². The van der Waals surface area contributed by atoms with Crippen molar-refractivity contribution < 1.29 is 19.0 Å². The van der Waals surface area contributed by atoms with E-state index in [1.165, 1.54) is 11.9 Å². The number of carbonyl (C=O) groups is 1. The van der Waals surface area contributed by atoms with Gasteiger partial charge in [-0.25, -0.2) is 4.39 Å². The fourth-order valence-electron chi connectivity index (χ4n) is 2.20. The number of carboxylic acid groups (broad SMARTS) is 1. The summed E-state index contributed by atoms with van der Waals surface area (Å²) in [6.45, 7) is 1.70. The van der Waals surface area contributed by atoms with E-state index in [1.54, 1.807) is 13.0 Å². The molecule has 0 aliphatic carbocycles. The molecule has 0 radical (unpaired) electrons. The first-order valence-electron chi connectivity index (χ1n) is 6.98. The van der Waals surface area contributed by atoms with Crippen molar-refractivity contribution in [2.45, 2.75) is 13.5 Å². The third-order valence-corrected chi connectivity index (χ3v) is 4.29. The van der Waals surface area contributed by atoms with Gasteiger partial charge in [-0.2, -0.15) is 0 Å². The van der Waals surface area contributed by atoms with Crippen molar-refractivity contribution >= 4 is 27.6 Å². The lowest BCUT2D eigenvalue weighted by atomic mass is 10.1. The van der Waals surface area contributed by atoms with E-state index in [9.17, 15) is 9.18 Å². The Hall–Kier alpha value is -2.08. The molecule has 0 bridgehead atoms. The second kappa shape index (κ2) is 7.46. The highest BCUT2D eigenvalue weighted by Crippen LogP contribution is 2.37. The van der Waals surface area contributed by atoms with Gasteiger partial charge in [0.05, 0.1) is 4.47 Å². The predicted octanol–water partition coefficient (Wildman–Crippen LogP) is 4.00. The average Bonchev–Trinajstić information content (AvgIpc) is 2.50. The second-order valence-corrected chi connectivity index (χ2v) is 5.99. The SMILES string of the molecule is Cc1cc(OCc2ccccc2)c(N(C)CC(=O)O)c(F)c1Br. The molecule has 2 aromatic carbocycles. The maximum absolute atomic E-state index is 14.6. The van der Waals surface area contributed by atoms with Crippen molar-refractivity contribution in [2.24, 2.45) is 0 Å². The number of rotatable bonds is 6. The molecule has 0 unspecified atom stereocenters. The van der Waals surface area contributed by atoms with Crippen LogP contribution < -0.4 is 9.64 Å². The molecular formula is C17H17BrFNO3. The van der Waals surface area contributed by atoms with Gasteiger partial charge in [0.25, 0.3) is 0 Å². The molecule has 2 rings (SSSR count). The summed E-state index contributed by atoms with van der Waals surface area (Å²) >= 11 is 3.19.